The molecular formula is C24H22N4O3. The first-order chi connectivity index (χ1) is 15.2. The van der Waals surface area contributed by atoms with Crippen LogP contribution in [0, 0.1) is 0 Å². The Morgan fingerprint density at radius 3 is 2.84 bits per heavy atom. The summed E-state index contributed by atoms with van der Waals surface area (Å²) in [4.78, 5) is 17.3. The molecule has 0 saturated heterocycles. The minimum Gasteiger partial charge on any atom is -0.454 e. The number of nitrogens with zero attached hydrogens (tertiary/aromatic N) is 3. The van der Waals surface area contributed by atoms with Crippen LogP contribution in [-0.4, -0.2) is 33.3 Å². The highest BCUT2D eigenvalue weighted by atomic mass is 16.7. The van der Waals surface area contributed by atoms with Gasteiger partial charge in [0.25, 0.3) is 5.91 Å². The molecule has 3 heterocycles. The predicted molar refractivity (Wildman–Crippen MR) is 116 cm³/mol. The van der Waals surface area contributed by atoms with Crippen molar-refractivity contribution in [3.05, 3.63) is 78.1 Å². The van der Waals surface area contributed by atoms with Crippen LogP contribution in [0.5, 0.6) is 11.5 Å². The second-order valence-electron chi connectivity index (χ2n) is 7.59. The van der Waals surface area contributed by atoms with Gasteiger partial charge < -0.3 is 14.8 Å². The van der Waals surface area contributed by atoms with Crippen LogP contribution in [0.25, 0.3) is 16.9 Å². The van der Waals surface area contributed by atoms with Crippen LogP contribution >= 0.6 is 0 Å². The first-order valence-electron chi connectivity index (χ1n) is 10.3. The summed E-state index contributed by atoms with van der Waals surface area (Å²) in [5.41, 5.74) is 3.95. The van der Waals surface area contributed by atoms with Gasteiger partial charge in [-0.05, 0) is 49.6 Å². The third-order valence-corrected chi connectivity index (χ3v) is 5.40. The molecule has 0 radical (unpaired) electrons. The van der Waals surface area contributed by atoms with Crippen molar-refractivity contribution in [1.82, 2.24) is 19.9 Å². The number of hydrogen-bond acceptors (Lipinski definition) is 5. The van der Waals surface area contributed by atoms with Crippen molar-refractivity contribution in [2.45, 2.75) is 25.8 Å². The van der Waals surface area contributed by atoms with Gasteiger partial charge in [-0.25, -0.2) is 9.50 Å². The second kappa shape index (κ2) is 8.10. The molecule has 7 heteroatoms. The Morgan fingerprint density at radius 1 is 1.13 bits per heavy atom. The monoisotopic (exact) mass is 414 g/mol. The molecule has 1 N–H and O–H groups in total. The standard InChI is InChI=1S/C24H22N4O3/c1-16(7-8-17-5-3-2-4-6-17)27-24(29)19-14-26-28-20(11-12-25-23(19)28)18-9-10-21-22(13-18)31-15-30-21/h2-6,9-14,16H,7-8,15H2,1H3,(H,27,29). The summed E-state index contributed by atoms with van der Waals surface area (Å²) in [6.07, 6.45) is 5.01. The number of aryl methyl sites for hydroxylation is 1. The van der Waals surface area contributed by atoms with Crippen LogP contribution < -0.4 is 14.8 Å². The van der Waals surface area contributed by atoms with Crippen LogP contribution in [0.2, 0.25) is 0 Å². The topological polar surface area (TPSA) is 77.8 Å². The zero-order valence-corrected chi connectivity index (χ0v) is 17.1. The molecule has 0 bridgehead atoms. The Bertz CT molecular complexity index is 1240. The molecule has 2 aromatic carbocycles. The van der Waals surface area contributed by atoms with E-state index in [0.29, 0.717) is 17.0 Å². The van der Waals surface area contributed by atoms with Gasteiger partial charge in [-0.3, -0.25) is 4.79 Å². The number of fused-ring (bicyclic) bond motifs is 2. The van der Waals surface area contributed by atoms with Crippen molar-refractivity contribution in [1.29, 1.82) is 0 Å². The summed E-state index contributed by atoms with van der Waals surface area (Å²) in [7, 11) is 0. The Hall–Kier alpha value is -3.87. The molecule has 31 heavy (non-hydrogen) atoms. The molecule has 0 fully saturated rings. The first kappa shape index (κ1) is 19.1. The van der Waals surface area contributed by atoms with Crippen molar-refractivity contribution < 1.29 is 14.3 Å². The molecular weight excluding hydrogens is 392 g/mol. The van der Waals surface area contributed by atoms with Gasteiger partial charge in [0.05, 0.1) is 11.9 Å². The Balaban J connectivity index is 1.35. The van der Waals surface area contributed by atoms with Crippen LogP contribution in [0.1, 0.15) is 29.3 Å². The molecule has 1 atom stereocenters. The fraction of sp³-hybridized carbons (Fsp3) is 0.208. The van der Waals surface area contributed by atoms with Gasteiger partial charge in [0.2, 0.25) is 6.79 Å². The van der Waals surface area contributed by atoms with Gasteiger partial charge in [-0.1, -0.05) is 30.3 Å². The highest BCUT2D eigenvalue weighted by Crippen LogP contribution is 2.35. The summed E-state index contributed by atoms with van der Waals surface area (Å²) in [6.45, 7) is 2.23. The normalized spacial score (nSPS) is 13.3. The number of carbonyl (C=O) groups excluding carboxylic acids is 1. The summed E-state index contributed by atoms with van der Waals surface area (Å²) in [5, 5.41) is 7.50. The zero-order chi connectivity index (χ0) is 21.2. The van der Waals surface area contributed by atoms with E-state index >= 15 is 0 Å². The van der Waals surface area contributed by atoms with Gasteiger partial charge in [0, 0.05) is 17.8 Å². The minimum atomic E-state index is -0.175. The number of rotatable bonds is 6. The Kier molecular flexibility index (Phi) is 5.00. The van der Waals surface area contributed by atoms with Crippen LogP contribution in [0.3, 0.4) is 0 Å². The van der Waals surface area contributed by atoms with Crippen LogP contribution in [0.15, 0.2) is 67.0 Å². The maximum atomic E-state index is 12.9. The highest BCUT2D eigenvalue weighted by Gasteiger charge is 2.19. The van der Waals surface area contributed by atoms with Gasteiger partial charge in [0.1, 0.15) is 5.56 Å². The third kappa shape index (κ3) is 3.82. The SMILES string of the molecule is CC(CCc1ccccc1)NC(=O)c1cnn2c(-c3ccc4c(c3)OCO4)ccnc12. The molecule has 7 nitrogen and oxygen atoms in total. The fourth-order valence-corrected chi connectivity index (χ4v) is 3.73. The summed E-state index contributed by atoms with van der Waals surface area (Å²) in [6, 6.07) is 17.9. The molecule has 5 rings (SSSR count). The summed E-state index contributed by atoms with van der Waals surface area (Å²) >= 11 is 0. The molecule has 1 aliphatic heterocycles. The maximum absolute atomic E-state index is 12.9. The van der Waals surface area contributed by atoms with Gasteiger partial charge in [-0.15, -0.1) is 0 Å². The maximum Gasteiger partial charge on any atom is 0.256 e. The van der Waals surface area contributed by atoms with E-state index < -0.39 is 0 Å². The lowest BCUT2D eigenvalue weighted by Crippen LogP contribution is -2.32. The highest BCUT2D eigenvalue weighted by molar-refractivity contribution is 6.00. The van der Waals surface area contributed by atoms with E-state index in [1.54, 1.807) is 16.9 Å². The van der Waals surface area contributed by atoms with E-state index in [0.717, 1.165) is 29.8 Å². The average molecular weight is 414 g/mol. The van der Waals surface area contributed by atoms with Gasteiger partial charge in [0.15, 0.2) is 17.1 Å². The molecule has 2 aromatic heterocycles. The largest absolute Gasteiger partial charge is 0.454 e. The summed E-state index contributed by atoms with van der Waals surface area (Å²) in [5.74, 6) is 1.24. The molecule has 1 amide bonds. The molecule has 1 unspecified atom stereocenters. The summed E-state index contributed by atoms with van der Waals surface area (Å²) < 4.78 is 12.6. The molecule has 0 aliphatic carbocycles. The lowest BCUT2D eigenvalue weighted by molar-refractivity contribution is 0.0940. The van der Waals surface area contributed by atoms with Crippen molar-refractivity contribution in [2.24, 2.45) is 0 Å². The zero-order valence-electron chi connectivity index (χ0n) is 17.1. The van der Waals surface area contributed by atoms with Crippen molar-refractivity contribution in [3.63, 3.8) is 0 Å². The smallest absolute Gasteiger partial charge is 0.256 e. The quantitative estimate of drug-likeness (QED) is 0.518. The second-order valence-corrected chi connectivity index (χ2v) is 7.59. The number of hydrogen-bond donors (Lipinski definition) is 1. The average Bonchev–Trinajstić information content (AvgIpc) is 3.44. The van der Waals surface area contributed by atoms with Gasteiger partial charge >= 0.3 is 0 Å². The minimum absolute atomic E-state index is 0.0275. The first-order valence-corrected chi connectivity index (χ1v) is 10.3. The number of ether oxygens (including phenoxy) is 2. The molecule has 1 aliphatic rings. The van der Waals surface area contributed by atoms with E-state index in [1.165, 1.54) is 5.56 Å². The van der Waals surface area contributed by atoms with Crippen molar-refractivity contribution in [2.75, 3.05) is 6.79 Å². The van der Waals surface area contributed by atoms with E-state index in [9.17, 15) is 4.79 Å². The Labute approximate surface area is 179 Å². The molecule has 0 spiro atoms. The van der Waals surface area contributed by atoms with Crippen molar-refractivity contribution in [3.8, 4) is 22.8 Å². The number of benzene rings is 2. The van der Waals surface area contributed by atoms with E-state index in [-0.39, 0.29) is 18.7 Å². The molecule has 156 valence electrons. The third-order valence-electron chi connectivity index (χ3n) is 5.40. The number of nitrogens with one attached hydrogen (secondary N) is 1. The molecule has 0 saturated carbocycles. The van der Waals surface area contributed by atoms with Gasteiger partial charge in [-0.2, -0.15) is 5.10 Å². The van der Waals surface area contributed by atoms with E-state index in [4.69, 9.17) is 9.47 Å². The lowest BCUT2D eigenvalue weighted by Gasteiger charge is -2.13. The predicted octanol–water partition coefficient (Wildman–Crippen LogP) is 3.88. The number of carbonyl (C=O) groups is 1. The molecule has 4 aromatic rings. The lowest BCUT2D eigenvalue weighted by atomic mass is 10.1. The van der Waals surface area contributed by atoms with Crippen LogP contribution in [-0.2, 0) is 6.42 Å². The Morgan fingerprint density at radius 2 is 1.97 bits per heavy atom. The fourth-order valence-electron chi connectivity index (χ4n) is 3.73. The van der Waals surface area contributed by atoms with Crippen LogP contribution in [0.4, 0.5) is 0 Å². The van der Waals surface area contributed by atoms with Crippen molar-refractivity contribution >= 4 is 11.6 Å². The van der Waals surface area contributed by atoms with E-state index in [2.05, 4.69) is 27.5 Å². The number of amides is 1. The van der Waals surface area contributed by atoms with E-state index in [1.807, 2.05) is 49.4 Å². The number of aromatic nitrogens is 3.